The first-order valence-corrected chi connectivity index (χ1v) is 9.99. The quantitative estimate of drug-likeness (QED) is 0.473. The predicted molar refractivity (Wildman–Crippen MR) is 118 cm³/mol. The molecule has 0 bridgehead atoms. The lowest BCUT2D eigenvalue weighted by molar-refractivity contribution is 0.383. The number of nitrogens with zero attached hydrogens (tertiary/aromatic N) is 6. The topological polar surface area (TPSA) is 81.0 Å². The van der Waals surface area contributed by atoms with E-state index in [1.807, 2.05) is 30.1 Å². The Bertz CT molecular complexity index is 1270. The molecule has 0 aliphatic carbocycles. The van der Waals surface area contributed by atoms with Gasteiger partial charge in [-0.3, -0.25) is 0 Å². The van der Waals surface area contributed by atoms with E-state index in [-0.39, 0.29) is 29.5 Å². The largest absolute Gasteiger partial charge is 0.494 e. The molecule has 0 spiro atoms. The van der Waals surface area contributed by atoms with Crippen LogP contribution in [0.4, 0.5) is 20.4 Å². The fraction of sp³-hybridized carbons (Fsp3) is 0.273. The van der Waals surface area contributed by atoms with Gasteiger partial charge >= 0.3 is 0 Å². The predicted octanol–water partition coefficient (Wildman–Crippen LogP) is 3.38. The Morgan fingerprint density at radius 1 is 1.16 bits per heavy atom. The maximum Gasteiger partial charge on any atom is 0.232 e. The summed E-state index contributed by atoms with van der Waals surface area (Å²) in [6.07, 6.45) is 6.96. The van der Waals surface area contributed by atoms with Crippen LogP contribution in [0.1, 0.15) is 5.56 Å². The lowest BCUT2D eigenvalue weighted by Gasteiger charge is -2.25. The van der Waals surface area contributed by atoms with Gasteiger partial charge in [-0.1, -0.05) is 0 Å². The summed E-state index contributed by atoms with van der Waals surface area (Å²) in [4.78, 5) is 19.2. The number of hydrogen-bond acceptors (Lipinski definition) is 7. The van der Waals surface area contributed by atoms with Crippen LogP contribution in [0.2, 0.25) is 0 Å². The lowest BCUT2D eigenvalue weighted by Crippen LogP contribution is -2.30. The highest BCUT2D eigenvalue weighted by atomic mass is 19.1. The third-order valence-electron chi connectivity index (χ3n) is 5.06. The van der Waals surface area contributed by atoms with Crippen molar-refractivity contribution in [2.45, 2.75) is 6.92 Å². The van der Waals surface area contributed by atoms with Crippen molar-refractivity contribution in [1.29, 1.82) is 0 Å². The molecule has 0 saturated heterocycles. The van der Waals surface area contributed by atoms with Gasteiger partial charge in [-0.05, 0) is 31.7 Å². The summed E-state index contributed by atoms with van der Waals surface area (Å²) >= 11 is 0. The fourth-order valence-electron chi connectivity index (χ4n) is 3.37. The molecular weight excluding hydrogens is 416 g/mol. The fourth-order valence-corrected chi connectivity index (χ4v) is 3.37. The minimum absolute atomic E-state index is 0.0553. The number of aromatic nitrogens is 5. The van der Waals surface area contributed by atoms with Crippen molar-refractivity contribution in [2.75, 3.05) is 32.1 Å². The van der Waals surface area contributed by atoms with Crippen molar-refractivity contribution < 1.29 is 13.5 Å². The first kappa shape index (κ1) is 21.6. The molecule has 0 atom stereocenters. The molecule has 8 nitrogen and oxygen atoms in total. The molecule has 0 aliphatic rings. The van der Waals surface area contributed by atoms with Crippen molar-refractivity contribution in [3.05, 3.63) is 54.1 Å². The molecule has 0 amide bonds. The molecule has 3 heterocycles. The molecular formula is C22H23F2N7O. The first-order valence-electron chi connectivity index (χ1n) is 9.99. The second kappa shape index (κ2) is 8.83. The van der Waals surface area contributed by atoms with Gasteiger partial charge in [-0.2, -0.15) is 4.98 Å². The van der Waals surface area contributed by atoms with Crippen LogP contribution in [0.25, 0.3) is 22.4 Å². The molecule has 166 valence electrons. The number of rotatable bonds is 7. The molecule has 0 aliphatic heterocycles. The SMILES string of the molecule is CNCCN(c1ncc2ncc(-c3ccn(C)c3)nc2n1)c1c(F)c(C)cc(OC)c1F. The Kier molecular flexibility index (Phi) is 5.95. The Morgan fingerprint density at radius 3 is 2.66 bits per heavy atom. The van der Waals surface area contributed by atoms with E-state index in [2.05, 4.69) is 25.3 Å². The van der Waals surface area contributed by atoms with Crippen LogP contribution in [-0.4, -0.2) is 51.7 Å². The van der Waals surface area contributed by atoms with Crippen molar-refractivity contribution in [2.24, 2.45) is 7.05 Å². The van der Waals surface area contributed by atoms with Crippen LogP contribution in [0.15, 0.2) is 36.9 Å². The van der Waals surface area contributed by atoms with Crippen molar-refractivity contribution >= 4 is 22.8 Å². The van der Waals surface area contributed by atoms with E-state index in [9.17, 15) is 0 Å². The van der Waals surface area contributed by atoms with Crippen LogP contribution in [0, 0.1) is 18.6 Å². The number of likely N-dealkylation sites (N-methyl/N-ethyl adjacent to an activating group) is 1. The Labute approximate surface area is 183 Å². The normalized spacial score (nSPS) is 11.2. The monoisotopic (exact) mass is 439 g/mol. The number of halogens is 2. The van der Waals surface area contributed by atoms with Crippen LogP contribution in [0.5, 0.6) is 5.75 Å². The molecule has 0 fully saturated rings. The maximum absolute atomic E-state index is 15.2. The van der Waals surface area contributed by atoms with Crippen LogP contribution < -0.4 is 15.0 Å². The van der Waals surface area contributed by atoms with Gasteiger partial charge in [0.05, 0.1) is 25.2 Å². The summed E-state index contributed by atoms with van der Waals surface area (Å²) in [5.41, 5.74) is 2.30. The highest BCUT2D eigenvalue weighted by Gasteiger charge is 2.25. The van der Waals surface area contributed by atoms with Gasteiger partial charge in [-0.25, -0.2) is 23.7 Å². The number of nitrogens with one attached hydrogen (secondary N) is 1. The summed E-state index contributed by atoms with van der Waals surface area (Å²) in [7, 11) is 5.00. The zero-order valence-electron chi connectivity index (χ0n) is 18.2. The number of anilines is 2. The number of benzene rings is 1. The third kappa shape index (κ3) is 3.96. The number of aryl methyl sites for hydroxylation is 2. The van der Waals surface area contributed by atoms with Gasteiger partial charge in [0.1, 0.15) is 11.2 Å². The first-order chi connectivity index (χ1) is 15.4. The number of fused-ring (bicyclic) bond motifs is 1. The zero-order valence-corrected chi connectivity index (χ0v) is 18.2. The summed E-state index contributed by atoms with van der Waals surface area (Å²) in [5, 5.41) is 2.99. The lowest BCUT2D eigenvalue weighted by atomic mass is 10.1. The van der Waals surface area contributed by atoms with Gasteiger partial charge in [0, 0.05) is 38.1 Å². The molecule has 10 heteroatoms. The highest BCUT2D eigenvalue weighted by molar-refractivity contribution is 5.75. The van der Waals surface area contributed by atoms with Gasteiger partial charge in [0.25, 0.3) is 0 Å². The van der Waals surface area contributed by atoms with E-state index in [1.165, 1.54) is 24.3 Å². The smallest absolute Gasteiger partial charge is 0.232 e. The van der Waals surface area contributed by atoms with Crippen molar-refractivity contribution in [3.63, 3.8) is 0 Å². The molecule has 4 rings (SSSR count). The summed E-state index contributed by atoms with van der Waals surface area (Å²) in [6.45, 7) is 2.20. The van der Waals surface area contributed by atoms with Crippen molar-refractivity contribution in [1.82, 2.24) is 29.8 Å². The third-order valence-corrected chi connectivity index (χ3v) is 5.06. The number of ether oxygens (including phenoxy) is 1. The standard InChI is InChI=1S/C22H23F2N7O/c1-13-9-17(32-4)19(24)20(18(13)23)31(8-6-25-2)22-27-11-16-21(29-22)28-15(10-26-16)14-5-7-30(3)12-14/h5,7,9-12,25H,6,8H2,1-4H3. The van der Waals surface area contributed by atoms with Crippen LogP contribution in [-0.2, 0) is 7.05 Å². The second-order valence-electron chi connectivity index (χ2n) is 7.33. The molecule has 4 aromatic rings. The number of hydrogen-bond donors (Lipinski definition) is 1. The molecule has 32 heavy (non-hydrogen) atoms. The van der Waals surface area contributed by atoms with Gasteiger partial charge in [-0.15, -0.1) is 0 Å². The Balaban J connectivity index is 1.85. The van der Waals surface area contributed by atoms with Gasteiger partial charge in [0.15, 0.2) is 23.0 Å². The van der Waals surface area contributed by atoms with Crippen molar-refractivity contribution in [3.8, 4) is 17.0 Å². The highest BCUT2D eigenvalue weighted by Crippen LogP contribution is 2.36. The minimum Gasteiger partial charge on any atom is -0.494 e. The second-order valence-corrected chi connectivity index (χ2v) is 7.33. The Hall–Kier alpha value is -3.66. The average molecular weight is 439 g/mol. The average Bonchev–Trinajstić information content (AvgIpc) is 3.24. The minimum atomic E-state index is -0.820. The molecule has 1 aromatic carbocycles. The van der Waals surface area contributed by atoms with Gasteiger partial charge in [0.2, 0.25) is 5.95 Å². The van der Waals surface area contributed by atoms with Crippen LogP contribution in [0.3, 0.4) is 0 Å². The van der Waals surface area contributed by atoms with Gasteiger partial charge < -0.3 is 19.5 Å². The van der Waals surface area contributed by atoms with E-state index < -0.39 is 11.6 Å². The van der Waals surface area contributed by atoms with E-state index in [0.717, 1.165) is 5.56 Å². The summed E-state index contributed by atoms with van der Waals surface area (Å²) < 4.78 is 37.3. The number of methoxy groups -OCH3 is 1. The molecule has 1 N–H and O–H groups in total. The Morgan fingerprint density at radius 2 is 1.97 bits per heavy atom. The van der Waals surface area contributed by atoms with E-state index in [0.29, 0.717) is 23.4 Å². The summed E-state index contributed by atoms with van der Waals surface area (Å²) in [5.74, 6) is -1.47. The van der Waals surface area contributed by atoms with E-state index >= 15 is 8.78 Å². The zero-order chi connectivity index (χ0) is 22.8. The summed E-state index contributed by atoms with van der Waals surface area (Å²) in [6, 6.07) is 3.24. The molecule has 0 unspecified atom stereocenters. The molecule has 0 saturated carbocycles. The molecule has 3 aromatic heterocycles. The van der Waals surface area contributed by atoms with E-state index in [4.69, 9.17) is 4.74 Å². The molecule has 0 radical (unpaired) electrons. The van der Waals surface area contributed by atoms with Crippen LogP contribution >= 0.6 is 0 Å². The maximum atomic E-state index is 15.2. The van der Waals surface area contributed by atoms with E-state index in [1.54, 1.807) is 20.2 Å².